The van der Waals surface area contributed by atoms with E-state index >= 15 is 0 Å². The first kappa shape index (κ1) is 12.8. The Balaban J connectivity index is 1.79. The third-order valence-corrected chi connectivity index (χ3v) is 3.44. The minimum Gasteiger partial charge on any atom is -0.351 e. The lowest BCUT2D eigenvalue weighted by Gasteiger charge is -2.09. The van der Waals surface area contributed by atoms with E-state index in [2.05, 4.69) is 15.7 Å². The second kappa shape index (κ2) is 6.35. The van der Waals surface area contributed by atoms with E-state index in [1.807, 2.05) is 0 Å². The number of carbonyl (C=O) groups excluding carboxylic acids is 1. The van der Waals surface area contributed by atoms with Gasteiger partial charge in [0.25, 0.3) is 5.91 Å². The number of aromatic nitrogens is 1. The monoisotopic (exact) mass is 248 g/mol. The molecule has 1 aromatic heterocycles. The molecule has 1 heterocycles. The summed E-state index contributed by atoms with van der Waals surface area (Å²) in [7, 11) is 0. The predicted molar refractivity (Wildman–Crippen MR) is 71.0 cm³/mol. The maximum atomic E-state index is 11.8. The number of hydrogen-bond donors (Lipinski definition) is 3. The summed E-state index contributed by atoms with van der Waals surface area (Å²) in [5.41, 5.74) is 2.83. The van der Waals surface area contributed by atoms with Crippen LogP contribution in [0, 0.1) is 5.92 Å². The second-order valence-corrected chi connectivity index (χ2v) is 4.75. The molecule has 0 radical (unpaired) electrons. The number of hydrazine groups is 1. The van der Waals surface area contributed by atoms with Crippen molar-refractivity contribution >= 4 is 11.7 Å². The highest BCUT2D eigenvalue weighted by Gasteiger charge is 2.15. The lowest BCUT2D eigenvalue weighted by Crippen LogP contribution is -2.26. The van der Waals surface area contributed by atoms with E-state index in [-0.39, 0.29) is 5.91 Å². The molecular weight excluding hydrogens is 228 g/mol. The number of nitrogens with zero attached hydrogens (tertiary/aromatic N) is 1. The number of amides is 1. The van der Waals surface area contributed by atoms with Gasteiger partial charge >= 0.3 is 0 Å². The first-order chi connectivity index (χ1) is 8.79. The molecule has 1 amide bonds. The lowest BCUT2D eigenvalue weighted by molar-refractivity contribution is 0.0946. The largest absolute Gasteiger partial charge is 0.351 e. The Morgan fingerprint density at radius 1 is 1.39 bits per heavy atom. The number of anilines is 1. The summed E-state index contributed by atoms with van der Waals surface area (Å²) in [5, 5.41) is 2.91. The molecule has 0 spiro atoms. The highest BCUT2D eigenvalue weighted by molar-refractivity contribution is 5.92. The summed E-state index contributed by atoms with van der Waals surface area (Å²) >= 11 is 0. The molecule has 18 heavy (non-hydrogen) atoms. The molecule has 2 rings (SSSR count). The minimum absolute atomic E-state index is 0.134. The van der Waals surface area contributed by atoms with Crippen molar-refractivity contribution in [2.45, 2.75) is 32.1 Å². The fourth-order valence-corrected chi connectivity index (χ4v) is 2.42. The van der Waals surface area contributed by atoms with Crippen LogP contribution in [0.1, 0.15) is 42.6 Å². The Bertz CT molecular complexity index is 402. The molecule has 0 unspecified atom stereocenters. The fourth-order valence-electron chi connectivity index (χ4n) is 2.42. The molecule has 5 heteroatoms. The van der Waals surface area contributed by atoms with E-state index in [1.165, 1.54) is 25.7 Å². The standard InChI is InChI=1S/C13H20N4O/c14-17-12-7-3-6-11(16-12)13(18)15-9-8-10-4-1-2-5-10/h3,6-7,10H,1-2,4-5,8-9,14H2,(H,15,18)(H,16,17). The van der Waals surface area contributed by atoms with Gasteiger partial charge in [0.15, 0.2) is 0 Å². The van der Waals surface area contributed by atoms with Crippen LogP contribution >= 0.6 is 0 Å². The van der Waals surface area contributed by atoms with Crippen molar-refractivity contribution < 1.29 is 4.79 Å². The first-order valence-corrected chi connectivity index (χ1v) is 6.51. The molecule has 0 saturated heterocycles. The molecule has 1 aliphatic rings. The number of nitrogens with two attached hydrogens (primary N) is 1. The lowest BCUT2D eigenvalue weighted by atomic mass is 10.0. The highest BCUT2D eigenvalue weighted by Crippen LogP contribution is 2.26. The number of nitrogens with one attached hydrogen (secondary N) is 2. The third kappa shape index (κ3) is 3.43. The van der Waals surface area contributed by atoms with Gasteiger partial charge in [0.2, 0.25) is 0 Å². The van der Waals surface area contributed by atoms with Gasteiger partial charge in [0.1, 0.15) is 11.5 Å². The molecule has 1 saturated carbocycles. The van der Waals surface area contributed by atoms with Crippen molar-refractivity contribution in [3.8, 4) is 0 Å². The zero-order valence-electron chi connectivity index (χ0n) is 10.5. The van der Waals surface area contributed by atoms with Crippen LogP contribution < -0.4 is 16.6 Å². The highest BCUT2D eigenvalue weighted by atomic mass is 16.1. The molecule has 1 fully saturated rings. The topological polar surface area (TPSA) is 80.0 Å². The molecule has 1 aromatic rings. The summed E-state index contributed by atoms with van der Waals surface area (Å²) in [5.74, 6) is 6.41. The fraction of sp³-hybridized carbons (Fsp3) is 0.538. The molecule has 0 aliphatic heterocycles. The molecule has 4 N–H and O–H groups in total. The van der Waals surface area contributed by atoms with Gasteiger partial charge in [-0.05, 0) is 24.5 Å². The second-order valence-electron chi connectivity index (χ2n) is 4.75. The third-order valence-electron chi connectivity index (χ3n) is 3.44. The number of carbonyl (C=O) groups is 1. The number of rotatable bonds is 5. The van der Waals surface area contributed by atoms with E-state index < -0.39 is 0 Å². The van der Waals surface area contributed by atoms with Gasteiger partial charge in [-0.25, -0.2) is 10.8 Å². The molecular formula is C13H20N4O. The molecule has 98 valence electrons. The van der Waals surface area contributed by atoms with Crippen molar-refractivity contribution in [3.63, 3.8) is 0 Å². The van der Waals surface area contributed by atoms with Gasteiger partial charge in [0.05, 0.1) is 0 Å². The van der Waals surface area contributed by atoms with Gasteiger partial charge in [-0.3, -0.25) is 4.79 Å². The predicted octanol–water partition coefficient (Wildman–Crippen LogP) is 1.68. The van der Waals surface area contributed by atoms with Crippen LogP contribution in [0.4, 0.5) is 5.82 Å². The number of nitrogen functional groups attached to an aromatic ring is 1. The molecule has 0 aromatic carbocycles. The molecule has 0 bridgehead atoms. The van der Waals surface area contributed by atoms with Crippen molar-refractivity contribution in [2.24, 2.45) is 11.8 Å². The van der Waals surface area contributed by atoms with E-state index in [0.717, 1.165) is 18.9 Å². The van der Waals surface area contributed by atoms with Gasteiger partial charge in [-0.2, -0.15) is 0 Å². The zero-order chi connectivity index (χ0) is 12.8. The average molecular weight is 248 g/mol. The van der Waals surface area contributed by atoms with Crippen molar-refractivity contribution in [3.05, 3.63) is 23.9 Å². The van der Waals surface area contributed by atoms with Crippen molar-refractivity contribution in [2.75, 3.05) is 12.0 Å². The Kier molecular flexibility index (Phi) is 4.52. The quantitative estimate of drug-likeness (QED) is 0.547. The summed E-state index contributed by atoms with van der Waals surface area (Å²) in [6.07, 6.45) is 6.36. The van der Waals surface area contributed by atoms with Crippen LogP contribution in [0.5, 0.6) is 0 Å². The normalized spacial score (nSPS) is 15.6. The van der Waals surface area contributed by atoms with E-state index in [1.54, 1.807) is 18.2 Å². The van der Waals surface area contributed by atoms with Crippen LogP contribution in [0.2, 0.25) is 0 Å². The van der Waals surface area contributed by atoms with Crippen molar-refractivity contribution in [1.82, 2.24) is 10.3 Å². The molecule has 0 atom stereocenters. The van der Waals surface area contributed by atoms with Crippen LogP contribution in [-0.2, 0) is 0 Å². The average Bonchev–Trinajstić information content (AvgIpc) is 2.92. The Morgan fingerprint density at radius 2 is 2.17 bits per heavy atom. The van der Waals surface area contributed by atoms with Crippen LogP contribution in [0.3, 0.4) is 0 Å². The Labute approximate surface area is 107 Å². The van der Waals surface area contributed by atoms with Crippen LogP contribution in [-0.4, -0.2) is 17.4 Å². The van der Waals surface area contributed by atoms with Crippen molar-refractivity contribution in [1.29, 1.82) is 0 Å². The van der Waals surface area contributed by atoms with Gasteiger partial charge < -0.3 is 10.7 Å². The van der Waals surface area contributed by atoms with E-state index in [4.69, 9.17) is 5.84 Å². The summed E-state index contributed by atoms with van der Waals surface area (Å²) < 4.78 is 0. The molecule has 1 aliphatic carbocycles. The maximum Gasteiger partial charge on any atom is 0.269 e. The van der Waals surface area contributed by atoms with Gasteiger partial charge in [0, 0.05) is 6.54 Å². The van der Waals surface area contributed by atoms with E-state index in [9.17, 15) is 4.79 Å². The van der Waals surface area contributed by atoms with Crippen LogP contribution in [0.25, 0.3) is 0 Å². The van der Waals surface area contributed by atoms with Gasteiger partial charge in [-0.15, -0.1) is 0 Å². The number of hydrogen-bond acceptors (Lipinski definition) is 4. The van der Waals surface area contributed by atoms with Gasteiger partial charge in [-0.1, -0.05) is 31.7 Å². The first-order valence-electron chi connectivity index (χ1n) is 6.51. The summed E-state index contributed by atoms with van der Waals surface area (Å²) in [6, 6.07) is 5.16. The summed E-state index contributed by atoms with van der Waals surface area (Å²) in [6.45, 7) is 0.728. The Hall–Kier alpha value is -1.62. The smallest absolute Gasteiger partial charge is 0.269 e. The minimum atomic E-state index is -0.134. The SMILES string of the molecule is NNc1cccc(C(=O)NCCC2CCCC2)n1. The van der Waals surface area contributed by atoms with E-state index in [0.29, 0.717) is 11.5 Å². The Morgan fingerprint density at radius 3 is 2.89 bits per heavy atom. The zero-order valence-corrected chi connectivity index (χ0v) is 10.5. The number of pyridine rings is 1. The summed E-state index contributed by atoms with van der Waals surface area (Å²) in [4.78, 5) is 15.9. The van der Waals surface area contributed by atoms with Crippen LogP contribution in [0.15, 0.2) is 18.2 Å². The maximum absolute atomic E-state index is 11.8. The molecule has 5 nitrogen and oxygen atoms in total.